The van der Waals surface area contributed by atoms with Gasteiger partial charge in [-0.05, 0) is 46.5 Å². The van der Waals surface area contributed by atoms with E-state index in [0.29, 0.717) is 30.3 Å². The zero-order valence-electron chi connectivity index (χ0n) is 11.4. The van der Waals surface area contributed by atoms with E-state index in [1.54, 1.807) is 18.2 Å². The summed E-state index contributed by atoms with van der Waals surface area (Å²) in [6.45, 7) is 6.27. The Balaban J connectivity index is 2.26. The average molecular weight is 329 g/mol. The Bertz CT molecular complexity index is 422. The highest BCUT2D eigenvalue weighted by Crippen LogP contribution is 2.20. The normalized spacial score (nSPS) is 10.7. The van der Waals surface area contributed by atoms with E-state index in [2.05, 4.69) is 35.1 Å². The molecule has 0 saturated heterocycles. The van der Waals surface area contributed by atoms with E-state index in [4.69, 9.17) is 10.5 Å². The molecule has 4 nitrogen and oxygen atoms in total. The molecule has 0 saturated carbocycles. The van der Waals surface area contributed by atoms with Crippen LogP contribution in [0.3, 0.4) is 0 Å². The molecule has 0 aliphatic carbocycles. The van der Waals surface area contributed by atoms with E-state index in [9.17, 15) is 4.79 Å². The fourth-order valence-corrected chi connectivity index (χ4v) is 1.84. The van der Waals surface area contributed by atoms with Gasteiger partial charge in [0.2, 0.25) is 0 Å². The second kappa shape index (κ2) is 8.17. The van der Waals surface area contributed by atoms with Crippen molar-refractivity contribution in [3.8, 4) is 0 Å². The summed E-state index contributed by atoms with van der Waals surface area (Å²) in [7, 11) is 0. The molecular weight excluding hydrogens is 308 g/mol. The maximum atomic E-state index is 11.8. The molecule has 0 bridgehead atoms. The van der Waals surface area contributed by atoms with E-state index in [0.717, 1.165) is 17.5 Å². The van der Waals surface area contributed by atoms with Crippen LogP contribution in [0.1, 0.15) is 30.6 Å². The third-order valence-electron chi connectivity index (χ3n) is 2.46. The molecule has 0 atom stereocenters. The van der Waals surface area contributed by atoms with Crippen LogP contribution >= 0.6 is 15.9 Å². The lowest BCUT2D eigenvalue weighted by Gasteiger charge is -2.08. The Labute approximate surface area is 122 Å². The number of anilines is 1. The van der Waals surface area contributed by atoms with Crippen LogP contribution in [-0.4, -0.2) is 25.7 Å². The molecule has 1 rings (SSSR count). The SMILES string of the molecule is CC(C)COCCCNC(=O)c1ccc(N)c(Br)c1. The summed E-state index contributed by atoms with van der Waals surface area (Å²) in [6, 6.07) is 5.15. The van der Waals surface area contributed by atoms with Crippen LogP contribution in [0.25, 0.3) is 0 Å². The number of carbonyl (C=O) groups excluding carboxylic acids is 1. The first kappa shape index (κ1) is 16.0. The molecule has 106 valence electrons. The number of nitrogen functional groups attached to an aromatic ring is 1. The molecule has 1 amide bonds. The number of carbonyl (C=O) groups is 1. The highest BCUT2D eigenvalue weighted by Gasteiger charge is 2.06. The fraction of sp³-hybridized carbons (Fsp3) is 0.500. The predicted octanol–water partition coefficient (Wildman–Crippen LogP) is 2.82. The molecule has 0 spiro atoms. The molecule has 1 aromatic carbocycles. The Morgan fingerprint density at radius 1 is 1.47 bits per heavy atom. The second-order valence-corrected chi connectivity index (χ2v) is 5.67. The zero-order chi connectivity index (χ0) is 14.3. The molecule has 1 aromatic rings. The van der Waals surface area contributed by atoms with Crippen molar-refractivity contribution in [1.29, 1.82) is 0 Å². The maximum Gasteiger partial charge on any atom is 0.251 e. The van der Waals surface area contributed by atoms with Crippen molar-refractivity contribution in [3.63, 3.8) is 0 Å². The number of hydrogen-bond donors (Lipinski definition) is 2. The number of rotatable bonds is 7. The van der Waals surface area contributed by atoms with Crippen LogP contribution in [0.15, 0.2) is 22.7 Å². The number of hydrogen-bond acceptors (Lipinski definition) is 3. The molecule has 0 heterocycles. The minimum atomic E-state index is -0.0930. The Morgan fingerprint density at radius 2 is 2.21 bits per heavy atom. The number of halogens is 1. The molecule has 0 radical (unpaired) electrons. The van der Waals surface area contributed by atoms with Crippen molar-refractivity contribution < 1.29 is 9.53 Å². The standard InChI is InChI=1S/C14H21BrN2O2/c1-10(2)9-19-7-3-6-17-14(18)11-4-5-13(16)12(15)8-11/h4-5,8,10H,3,6-7,9,16H2,1-2H3,(H,17,18). The van der Waals surface area contributed by atoms with Gasteiger partial charge in [-0.1, -0.05) is 13.8 Å². The molecule has 0 aliphatic rings. The number of benzene rings is 1. The van der Waals surface area contributed by atoms with E-state index in [1.165, 1.54) is 0 Å². The minimum absolute atomic E-state index is 0.0930. The summed E-state index contributed by atoms with van der Waals surface area (Å²) >= 11 is 3.31. The average Bonchev–Trinajstić information content (AvgIpc) is 2.36. The van der Waals surface area contributed by atoms with E-state index >= 15 is 0 Å². The lowest BCUT2D eigenvalue weighted by molar-refractivity contribution is 0.0925. The Hall–Kier alpha value is -1.07. The van der Waals surface area contributed by atoms with Crippen LogP contribution in [0, 0.1) is 5.92 Å². The monoisotopic (exact) mass is 328 g/mol. The highest BCUT2D eigenvalue weighted by molar-refractivity contribution is 9.10. The van der Waals surface area contributed by atoms with Gasteiger partial charge in [0.15, 0.2) is 0 Å². The lowest BCUT2D eigenvalue weighted by atomic mass is 10.2. The van der Waals surface area contributed by atoms with Crippen LogP contribution in [0.5, 0.6) is 0 Å². The number of amides is 1. The van der Waals surface area contributed by atoms with Crippen molar-refractivity contribution in [3.05, 3.63) is 28.2 Å². The third kappa shape index (κ3) is 6.07. The van der Waals surface area contributed by atoms with Gasteiger partial charge in [-0.3, -0.25) is 4.79 Å². The van der Waals surface area contributed by atoms with E-state index in [1.807, 2.05) is 0 Å². The smallest absolute Gasteiger partial charge is 0.251 e. The summed E-state index contributed by atoms with van der Waals surface area (Å²) in [5, 5.41) is 2.85. The topological polar surface area (TPSA) is 64.3 Å². The molecule has 0 unspecified atom stereocenters. The Kier molecular flexibility index (Phi) is 6.87. The first-order chi connectivity index (χ1) is 9.00. The molecule has 0 aliphatic heterocycles. The first-order valence-electron chi connectivity index (χ1n) is 6.41. The van der Waals surface area contributed by atoms with Crippen molar-refractivity contribution in [2.75, 3.05) is 25.5 Å². The van der Waals surface area contributed by atoms with Gasteiger partial charge in [0, 0.05) is 35.5 Å². The van der Waals surface area contributed by atoms with Gasteiger partial charge in [-0.15, -0.1) is 0 Å². The number of nitrogens with two attached hydrogens (primary N) is 1. The summed E-state index contributed by atoms with van der Waals surface area (Å²) in [6.07, 6.45) is 0.814. The van der Waals surface area contributed by atoms with Gasteiger partial charge >= 0.3 is 0 Å². The molecule has 0 fully saturated rings. The van der Waals surface area contributed by atoms with Crippen molar-refractivity contribution in [2.45, 2.75) is 20.3 Å². The van der Waals surface area contributed by atoms with E-state index < -0.39 is 0 Å². The molecular formula is C14H21BrN2O2. The summed E-state index contributed by atoms with van der Waals surface area (Å²) in [5.74, 6) is 0.450. The molecule has 5 heteroatoms. The van der Waals surface area contributed by atoms with Crippen LogP contribution in [-0.2, 0) is 4.74 Å². The lowest BCUT2D eigenvalue weighted by Crippen LogP contribution is -2.25. The number of nitrogens with one attached hydrogen (secondary N) is 1. The van der Waals surface area contributed by atoms with Gasteiger partial charge in [0.1, 0.15) is 0 Å². The first-order valence-corrected chi connectivity index (χ1v) is 7.21. The highest BCUT2D eigenvalue weighted by atomic mass is 79.9. The van der Waals surface area contributed by atoms with Gasteiger partial charge < -0.3 is 15.8 Å². The van der Waals surface area contributed by atoms with Gasteiger partial charge in [-0.25, -0.2) is 0 Å². The van der Waals surface area contributed by atoms with Gasteiger partial charge in [-0.2, -0.15) is 0 Å². The number of ether oxygens (including phenoxy) is 1. The second-order valence-electron chi connectivity index (χ2n) is 4.81. The van der Waals surface area contributed by atoms with Crippen molar-refractivity contribution >= 4 is 27.5 Å². The van der Waals surface area contributed by atoms with Gasteiger partial charge in [0.05, 0.1) is 0 Å². The summed E-state index contributed by atoms with van der Waals surface area (Å²) < 4.78 is 6.18. The fourth-order valence-electron chi connectivity index (χ4n) is 1.47. The Morgan fingerprint density at radius 3 is 2.84 bits per heavy atom. The summed E-state index contributed by atoms with van der Waals surface area (Å²) in [5.41, 5.74) is 6.90. The van der Waals surface area contributed by atoms with Crippen LogP contribution in [0.2, 0.25) is 0 Å². The largest absolute Gasteiger partial charge is 0.398 e. The van der Waals surface area contributed by atoms with Crippen molar-refractivity contribution in [2.24, 2.45) is 5.92 Å². The van der Waals surface area contributed by atoms with E-state index in [-0.39, 0.29) is 5.91 Å². The minimum Gasteiger partial charge on any atom is -0.398 e. The maximum absolute atomic E-state index is 11.8. The predicted molar refractivity (Wildman–Crippen MR) is 81.2 cm³/mol. The molecule has 0 aromatic heterocycles. The van der Waals surface area contributed by atoms with Crippen LogP contribution in [0.4, 0.5) is 5.69 Å². The van der Waals surface area contributed by atoms with Crippen LogP contribution < -0.4 is 11.1 Å². The van der Waals surface area contributed by atoms with Crippen molar-refractivity contribution in [1.82, 2.24) is 5.32 Å². The quantitative estimate of drug-likeness (QED) is 0.597. The molecule has 3 N–H and O–H groups in total. The molecule has 19 heavy (non-hydrogen) atoms. The third-order valence-corrected chi connectivity index (χ3v) is 3.15. The summed E-state index contributed by atoms with van der Waals surface area (Å²) in [4.78, 5) is 11.8. The zero-order valence-corrected chi connectivity index (χ0v) is 13.0. The van der Waals surface area contributed by atoms with Gasteiger partial charge in [0.25, 0.3) is 5.91 Å².